The molecule has 0 spiro atoms. The van der Waals surface area contributed by atoms with E-state index >= 15 is 0 Å². The Labute approximate surface area is 132 Å². The van der Waals surface area contributed by atoms with Gasteiger partial charge in [-0.1, -0.05) is 46.6 Å². The second-order valence-electron chi connectivity index (χ2n) is 5.90. The van der Waals surface area contributed by atoms with Crippen molar-refractivity contribution >= 4 is 17.2 Å². The Bertz CT molecular complexity index is 467. The summed E-state index contributed by atoms with van der Waals surface area (Å²) < 4.78 is 0. The second kappa shape index (κ2) is 8.19. The summed E-state index contributed by atoms with van der Waals surface area (Å²) in [5.74, 6) is 0.188. The van der Waals surface area contributed by atoms with Crippen LogP contribution >= 0.6 is 11.3 Å². The predicted molar refractivity (Wildman–Crippen MR) is 87.9 cm³/mol. The van der Waals surface area contributed by atoms with Crippen LogP contribution in [0.4, 0.5) is 0 Å². The highest BCUT2D eigenvalue weighted by atomic mass is 32.1. The maximum absolute atomic E-state index is 12.8. The van der Waals surface area contributed by atoms with Crippen LogP contribution in [-0.2, 0) is 4.79 Å². The number of carbonyl (C=O) groups is 1. The predicted octanol–water partition coefficient (Wildman–Crippen LogP) is 4.67. The molecule has 4 heteroatoms. The van der Waals surface area contributed by atoms with Gasteiger partial charge in [0.15, 0.2) is 0 Å². The van der Waals surface area contributed by atoms with E-state index in [9.17, 15) is 10.1 Å². The Morgan fingerprint density at radius 3 is 2.38 bits per heavy atom. The Kier molecular flexibility index (Phi) is 6.91. The third-order valence-corrected chi connectivity index (χ3v) is 4.76. The average molecular weight is 306 g/mol. The van der Waals surface area contributed by atoms with Gasteiger partial charge in [0, 0.05) is 4.88 Å². The third-order valence-electron chi connectivity index (χ3n) is 3.81. The van der Waals surface area contributed by atoms with Crippen LogP contribution in [0.25, 0.3) is 0 Å². The van der Waals surface area contributed by atoms with E-state index in [1.54, 1.807) is 11.3 Å². The van der Waals surface area contributed by atoms with E-state index < -0.39 is 5.41 Å². The SMILES string of the molecule is CCCC(C#N)(CCC)C(=O)NC(c1cccs1)C(C)C. The number of amides is 1. The number of nitrogens with one attached hydrogen (secondary N) is 1. The maximum atomic E-state index is 12.8. The molecule has 0 radical (unpaired) electrons. The molecule has 1 amide bonds. The first-order chi connectivity index (χ1) is 10.0. The third kappa shape index (κ3) is 4.31. The lowest BCUT2D eigenvalue weighted by Crippen LogP contribution is -2.43. The van der Waals surface area contributed by atoms with Gasteiger partial charge in [-0.3, -0.25) is 4.79 Å². The molecule has 1 aromatic heterocycles. The van der Waals surface area contributed by atoms with Gasteiger partial charge in [0.05, 0.1) is 12.1 Å². The smallest absolute Gasteiger partial charge is 0.240 e. The fraction of sp³-hybridized carbons (Fsp3) is 0.647. The van der Waals surface area contributed by atoms with Crippen molar-refractivity contribution in [1.82, 2.24) is 5.32 Å². The van der Waals surface area contributed by atoms with Crippen LogP contribution in [0.3, 0.4) is 0 Å². The van der Waals surface area contributed by atoms with Crippen molar-refractivity contribution in [3.8, 4) is 6.07 Å². The van der Waals surface area contributed by atoms with E-state index in [-0.39, 0.29) is 11.9 Å². The molecule has 1 atom stereocenters. The molecule has 0 aromatic carbocycles. The molecule has 0 saturated carbocycles. The minimum atomic E-state index is -0.881. The summed E-state index contributed by atoms with van der Waals surface area (Å²) in [5, 5.41) is 14.7. The summed E-state index contributed by atoms with van der Waals surface area (Å²) in [4.78, 5) is 13.9. The molecule has 0 saturated heterocycles. The van der Waals surface area contributed by atoms with Crippen LogP contribution in [0.5, 0.6) is 0 Å². The van der Waals surface area contributed by atoms with Crippen LogP contribution in [-0.4, -0.2) is 5.91 Å². The lowest BCUT2D eigenvalue weighted by molar-refractivity contribution is -0.130. The zero-order valence-electron chi connectivity index (χ0n) is 13.5. The zero-order valence-corrected chi connectivity index (χ0v) is 14.3. The van der Waals surface area contributed by atoms with Gasteiger partial charge in [-0.25, -0.2) is 0 Å². The zero-order chi connectivity index (χ0) is 15.9. The van der Waals surface area contributed by atoms with Crippen LogP contribution in [0.15, 0.2) is 17.5 Å². The molecule has 21 heavy (non-hydrogen) atoms. The second-order valence-corrected chi connectivity index (χ2v) is 6.88. The highest BCUT2D eigenvalue weighted by Crippen LogP contribution is 2.32. The molecule has 0 fully saturated rings. The van der Waals surface area contributed by atoms with Gasteiger partial charge >= 0.3 is 0 Å². The van der Waals surface area contributed by atoms with Crippen molar-refractivity contribution in [2.45, 2.75) is 59.4 Å². The number of nitrogens with zero attached hydrogens (tertiary/aromatic N) is 1. The molecule has 3 nitrogen and oxygen atoms in total. The molecule has 1 N–H and O–H groups in total. The van der Waals surface area contributed by atoms with Crippen LogP contribution in [0, 0.1) is 22.7 Å². The van der Waals surface area contributed by atoms with Crippen molar-refractivity contribution in [1.29, 1.82) is 5.26 Å². The Balaban J connectivity index is 2.96. The summed E-state index contributed by atoms with van der Waals surface area (Å²) in [6.45, 7) is 8.24. The van der Waals surface area contributed by atoms with Crippen LogP contribution in [0.1, 0.15) is 64.3 Å². The number of thiophene rings is 1. The van der Waals surface area contributed by atoms with Gasteiger partial charge in [-0.05, 0) is 30.2 Å². The standard InChI is InChI=1S/C17H26N2OS/c1-5-9-17(12-18,10-6-2)16(20)19-15(13(3)4)14-8-7-11-21-14/h7-8,11,13,15H,5-6,9-10H2,1-4H3,(H,19,20). The fourth-order valence-corrected chi connectivity index (χ4v) is 3.63. The summed E-state index contributed by atoms with van der Waals surface area (Å²) in [6, 6.07) is 6.33. The summed E-state index contributed by atoms with van der Waals surface area (Å²) >= 11 is 1.65. The summed E-state index contributed by atoms with van der Waals surface area (Å²) in [7, 11) is 0. The van der Waals surface area contributed by atoms with E-state index in [0.29, 0.717) is 18.8 Å². The van der Waals surface area contributed by atoms with Gasteiger partial charge in [-0.2, -0.15) is 5.26 Å². The minimum absolute atomic E-state index is 0.0149. The Morgan fingerprint density at radius 1 is 1.38 bits per heavy atom. The molecule has 0 bridgehead atoms. The normalized spacial score (nSPS) is 13.0. The summed E-state index contributed by atoms with van der Waals surface area (Å²) in [6.07, 6.45) is 2.93. The van der Waals surface area contributed by atoms with Gasteiger partial charge < -0.3 is 5.32 Å². The number of hydrogen-bond acceptors (Lipinski definition) is 3. The van der Waals surface area contributed by atoms with E-state index in [2.05, 4.69) is 25.2 Å². The van der Waals surface area contributed by atoms with Crippen molar-refractivity contribution in [3.63, 3.8) is 0 Å². The number of carbonyl (C=O) groups excluding carboxylic acids is 1. The molecule has 1 rings (SSSR count). The molecule has 0 aliphatic rings. The quantitative estimate of drug-likeness (QED) is 0.758. The highest BCUT2D eigenvalue weighted by Gasteiger charge is 2.38. The first-order valence-electron chi connectivity index (χ1n) is 7.76. The van der Waals surface area contributed by atoms with Crippen molar-refractivity contribution in [2.75, 3.05) is 0 Å². The lowest BCUT2D eigenvalue weighted by Gasteiger charge is -2.29. The van der Waals surface area contributed by atoms with Gasteiger partial charge in [0.2, 0.25) is 5.91 Å². The maximum Gasteiger partial charge on any atom is 0.240 e. The molecule has 1 unspecified atom stereocenters. The van der Waals surface area contributed by atoms with Gasteiger partial charge in [0.1, 0.15) is 5.41 Å². The first-order valence-corrected chi connectivity index (χ1v) is 8.64. The van der Waals surface area contributed by atoms with E-state index in [1.807, 2.05) is 31.4 Å². The topological polar surface area (TPSA) is 52.9 Å². The van der Waals surface area contributed by atoms with E-state index in [0.717, 1.165) is 17.7 Å². The monoisotopic (exact) mass is 306 g/mol. The Hall–Kier alpha value is -1.34. The van der Waals surface area contributed by atoms with Gasteiger partial charge in [0.25, 0.3) is 0 Å². The molecule has 1 aromatic rings. The minimum Gasteiger partial charge on any atom is -0.347 e. The molecule has 0 aliphatic carbocycles. The van der Waals surface area contributed by atoms with Crippen LogP contribution < -0.4 is 5.32 Å². The largest absolute Gasteiger partial charge is 0.347 e. The van der Waals surface area contributed by atoms with Crippen molar-refractivity contribution in [2.24, 2.45) is 11.3 Å². The van der Waals surface area contributed by atoms with Crippen LogP contribution in [0.2, 0.25) is 0 Å². The molecular weight excluding hydrogens is 280 g/mol. The van der Waals surface area contributed by atoms with E-state index in [4.69, 9.17) is 0 Å². The number of nitriles is 1. The molecular formula is C17H26N2OS. The molecule has 1 heterocycles. The van der Waals surface area contributed by atoms with Crippen molar-refractivity contribution in [3.05, 3.63) is 22.4 Å². The summed E-state index contributed by atoms with van der Waals surface area (Å²) in [5.41, 5.74) is -0.881. The highest BCUT2D eigenvalue weighted by molar-refractivity contribution is 7.10. The number of rotatable bonds is 8. The molecule has 0 aliphatic heterocycles. The fourth-order valence-electron chi connectivity index (χ4n) is 2.68. The lowest BCUT2D eigenvalue weighted by atomic mass is 9.79. The van der Waals surface area contributed by atoms with Crippen molar-refractivity contribution < 1.29 is 4.79 Å². The number of hydrogen-bond donors (Lipinski definition) is 1. The first kappa shape index (κ1) is 17.7. The molecule has 116 valence electrons. The van der Waals surface area contributed by atoms with E-state index in [1.165, 1.54) is 0 Å². The average Bonchev–Trinajstić information content (AvgIpc) is 2.97. The van der Waals surface area contributed by atoms with Gasteiger partial charge in [-0.15, -0.1) is 11.3 Å². The Morgan fingerprint density at radius 2 is 2.00 bits per heavy atom.